The van der Waals surface area contributed by atoms with E-state index in [0.29, 0.717) is 17.1 Å². The summed E-state index contributed by atoms with van der Waals surface area (Å²) in [5.41, 5.74) is 0.679. The molecule has 2 aromatic rings. The topological polar surface area (TPSA) is 45.3 Å². The fraction of sp³-hybridized carbons (Fsp3) is 0.522. The van der Waals surface area contributed by atoms with Crippen LogP contribution in [0.3, 0.4) is 0 Å². The maximum Gasteiger partial charge on any atom is 0.254 e. The molecule has 30 heavy (non-hydrogen) atoms. The number of piperidine rings is 1. The minimum Gasteiger partial charge on any atom is -0.454 e. The van der Waals surface area contributed by atoms with Crippen molar-refractivity contribution < 1.29 is 14.3 Å². The Morgan fingerprint density at radius 2 is 1.93 bits per heavy atom. The van der Waals surface area contributed by atoms with Crippen LogP contribution < -0.4 is 9.47 Å². The van der Waals surface area contributed by atoms with Crippen LogP contribution in [0.15, 0.2) is 35.7 Å². The van der Waals surface area contributed by atoms with E-state index in [1.807, 2.05) is 29.5 Å². The lowest BCUT2D eigenvalue weighted by molar-refractivity contribution is 0.0556. The van der Waals surface area contributed by atoms with Crippen LogP contribution >= 0.6 is 11.3 Å². The van der Waals surface area contributed by atoms with E-state index in [1.54, 1.807) is 0 Å². The second kappa shape index (κ2) is 9.81. The van der Waals surface area contributed by atoms with Crippen molar-refractivity contribution in [3.8, 4) is 11.5 Å². The number of carbonyl (C=O) groups is 1. The maximum absolute atomic E-state index is 13.4. The largest absolute Gasteiger partial charge is 0.454 e. The van der Waals surface area contributed by atoms with E-state index >= 15 is 0 Å². The molecule has 6 nitrogen and oxygen atoms in total. The molecule has 1 fully saturated rings. The van der Waals surface area contributed by atoms with E-state index in [2.05, 4.69) is 46.3 Å². The summed E-state index contributed by atoms with van der Waals surface area (Å²) >= 11 is 1.83. The van der Waals surface area contributed by atoms with Crippen molar-refractivity contribution in [2.45, 2.75) is 25.3 Å². The molecule has 4 rings (SSSR count). The quantitative estimate of drug-likeness (QED) is 0.645. The number of benzene rings is 1. The van der Waals surface area contributed by atoms with Gasteiger partial charge in [0, 0.05) is 49.2 Å². The van der Waals surface area contributed by atoms with Gasteiger partial charge in [-0.15, -0.1) is 11.3 Å². The Morgan fingerprint density at radius 3 is 2.67 bits per heavy atom. The van der Waals surface area contributed by atoms with E-state index in [-0.39, 0.29) is 18.7 Å². The Hall–Kier alpha value is -2.09. The second-order valence-corrected chi connectivity index (χ2v) is 9.30. The number of likely N-dealkylation sites (tertiary alicyclic amines) is 1. The zero-order valence-electron chi connectivity index (χ0n) is 17.9. The summed E-state index contributed by atoms with van der Waals surface area (Å²) in [5, 5.41) is 2.14. The van der Waals surface area contributed by atoms with Gasteiger partial charge in [0.15, 0.2) is 11.5 Å². The smallest absolute Gasteiger partial charge is 0.254 e. The van der Waals surface area contributed by atoms with Gasteiger partial charge in [-0.1, -0.05) is 6.07 Å². The number of fused-ring (bicyclic) bond motifs is 1. The molecular weight excluding hydrogens is 398 g/mol. The first-order valence-electron chi connectivity index (χ1n) is 10.7. The molecule has 1 aromatic heterocycles. The number of rotatable bonds is 8. The van der Waals surface area contributed by atoms with Crippen molar-refractivity contribution in [3.05, 3.63) is 46.2 Å². The standard InChI is InChI=1S/C23H31N3O3S/c1-24(2)13-14-26(23(27)18-5-6-21-22(16-18)29-17-28-21)19-7-10-25(11-8-19)12-9-20-4-3-15-30-20/h3-6,15-16,19H,7-14,17H2,1-2H3. The van der Waals surface area contributed by atoms with Crippen LogP contribution in [0.1, 0.15) is 28.1 Å². The lowest BCUT2D eigenvalue weighted by Gasteiger charge is -2.39. The Labute approximate surface area is 183 Å². The van der Waals surface area contributed by atoms with Crippen LogP contribution in [0.25, 0.3) is 0 Å². The molecule has 0 atom stereocenters. The third-order valence-corrected chi connectivity index (χ3v) is 6.86. The van der Waals surface area contributed by atoms with Gasteiger partial charge >= 0.3 is 0 Å². The summed E-state index contributed by atoms with van der Waals surface area (Å²) < 4.78 is 10.9. The van der Waals surface area contributed by atoms with E-state index < -0.39 is 0 Å². The minimum absolute atomic E-state index is 0.0900. The predicted molar refractivity (Wildman–Crippen MR) is 120 cm³/mol. The molecule has 0 aliphatic carbocycles. The zero-order chi connectivity index (χ0) is 20.9. The van der Waals surface area contributed by atoms with Gasteiger partial charge in [-0.2, -0.15) is 0 Å². The summed E-state index contributed by atoms with van der Waals surface area (Å²) in [6, 6.07) is 10.1. The first kappa shape index (κ1) is 21.2. The highest BCUT2D eigenvalue weighted by Crippen LogP contribution is 2.33. The van der Waals surface area contributed by atoms with Gasteiger partial charge in [-0.05, 0) is 63.0 Å². The number of ether oxygens (including phenoxy) is 2. The first-order valence-corrected chi connectivity index (χ1v) is 11.6. The zero-order valence-corrected chi connectivity index (χ0v) is 18.7. The molecular formula is C23H31N3O3S. The van der Waals surface area contributed by atoms with Gasteiger partial charge in [0.1, 0.15) is 0 Å². The highest BCUT2D eigenvalue weighted by atomic mass is 32.1. The monoisotopic (exact) mass is 429 g/mol. The number of thiophene rings is 1. The van der Waals surface area contributed by atoms with Crippen molar-refractivity contribution in [2.75, 3.05) is 53.6 Å². The molecule has 3 heterocycles. The highest BCUT2D eigenvalue weighted by Gasteiger charge is 2.29. The Bertz CT molecular complexity index is 832. The summed E-state index contributed by atoms with van der Waals surface area (Å²) in [7, 11) is 4.10. The molecule has 1 amide bonds. The van der Waals surface area contributed by atoms with Crippen LogP contribution in [0, 0.1) is 0 Å². The number of hydrogen-bond acceptors (Lipinski definition) is 6. The Kier molecular flexibility index (Phi) is 6.92. The fourth-order valence-corrected chi connectivity index (χ4v) is 4.83. The molecule has 2 aliphatic heterocycles. The van der Waals surface area contributed by atoms with Crippen molar-refractivity contribution in [3.63, 3.8) is 0 Å². The average Bonchev–Trinajstić information content (AvgIpc) is 3.44. The van der Waals surface area contributed by atoms with Gasteiger partial charge < -0.3 is 24.2 Å². The number of nitrogens with zero attached hydrogens (tertiary/aromatic N) is 3. The predicted octanol–water partition coefficient (Wildman–Crippen LogP) is 3.19. The van der Waals surface area contributed by atoms with Crippen LogP contribution in [-0.4, -0.2) is 80.3 Å². The summed E-state index contributed by atoms with van der Waals surface area (Å²) in [6.45, 7) is 5.00. The normalized spacial score (nSPS) is 16.9. The van der Waals surface area contributed by atoms with Crippen molar-refractivity contribution >= 4 is 17.2 Å². The molecule has 0 saturated carbocycles. The number of hydrogen-bond donors (Lipinski definition) is 0. The third kappa shape index (κ3) is 5.14. The van der Waals surface area contributed by atoms with E-state index in [4.69, 9.17) is 9.47 Å². The van der Waals surface area contributed by atoms with E-state index in [1.165, 1.54) is 4.88 Å². The number of amides is 1. The molecule has 1 aromatic carbocycles. The van der Waals surface area contributed by atoms with Gasteiger partial charge in [0.25, 0.3) is 5.91 Å². The van der Waals surface area contributed by atoms with Gasteiger partial charge in [0.2, 0.25) is 6.79 Å². The van der Waals surface area contributed by atoms with Gasteiger partial charge in [0.05, 0.1) is 0 Å². The molecule has 7 heteroatoms. The molecule has 0 unspecified atom stereocenters. The summed E-state index contributed by atoms with van der Waals surface area (Å²) in [5.74, 6) is 1.47. The Morgan fingerprint density at radius 1 is 1.13 bits per heavy atom. The first-order chi connectivity index (χ1) is 14.6. The summed E-state index contributed by atoms with van der Waals surface area (Å²) in [4.78, 5) is 21.6. The third-order valence-electron chi connectivity index (χ3n) is 5.92. The fourth-order valence-electron chi connectivity index (χ4n) is 4.13. The van der Waals surface area contributed by atoms with Gasteiger partial charge in [-0.25, -0.2) is 0 Å². The number of carbonyl (C=O) groups excluding carboxylic acids is 1. The van der Waals surface area contributed by atoms with Crippen molar-refractivity contribution in [1.29, 1.82) is 0 Å². The average molecular weight is 430 g/mol. The van der Waals surface area contributed by atoms with Crippen LogP contribution in [0.2, 0.25) is 0 Å². The minimum atomic E-state index is 0.0900. The van der Waals surface area contributed by atoms with E-state index in [0.717, 1.165) is 52.0 Å². The summed E-state index contributed by atoms with van der Waals surface area (Å²) in [6.07, 6.45) is 3.16. The van der Waals surface area contributed by atoms with Crippen molar-refractivity contribution in [2.24, 2.45) is 0 Å². The Balaban J connectivity index is 1.39. The molecule has 2 aliphatic rings. The highest BCUT2D eigenvalue weighted by molar-refractivity contribution is 7.09. The maximum atomic E-state index is 13.4. The molecule has 0 bridgehead atoms. The molecule has 162 valence electrons. The SMILES string of the molecule is CN(C)CCN(C(=O)c1ccc2c(c1)OCO2)C1CCN(CCc2cccs2)CC1. The van der Waals surface area contributed by atoms with Crippen LogP contribution in [0.4, 0.5) is 0 Å². The van der Waals surface area contributed by atoms with Crippen LogP contribution in [-0.2, 0) is 6.42 Å². The van der Waals surface area contributed by atoms with Crippen LogP contribution in [0.5, 0.6) is 11.5 Å². The van der Waals surface area contributed by atoms with Crippen molar-refractivity contribution in [1.82, 2.24) is 14.7 Å². The molecule has 0 spiro atoms. The molecule has 0 radical (unpaired) electrons. The van der Waals surface area contributed by atoms with Gasteiger partial charge in [-0.3, -0.25) is 4.79 Å². The lowest BCUT2D eigenvalue weighted by Crippen LogP contribution is -2.49. The molecule has 1 saturated heterocycles. The lowest BCUT2D eigenvalue weighted by atomic mass is 10.0. The van der Waals surface area contributed by atoms with E-state index in [9.17, 15) is 4.79 Å². The number of likely N-dealkylation sites (N-methyl/N-ethyl adjacent to an activating group) is 1. The molecule has 0 N–H and O–H groups in total. The second-order valence-electron chi connectivity index (χ2n) is 8.27.